The van der Waals surface area contributed by atoms with Gasteiger partial charge in [0.25, 0.3) is 0 Å². The molecule has 0 rings (SSSR count). The van der Waals surface area contributed by atoms with Crippen molar-refractivity contribution in [2.45, 2.75) is 297 Å². The molecule has 0 fully saturated rings. The summed E-state index contributed by atoms with van der Waals surface area (Å²) in [6.07, 6.45) is 55.4. The summed E-state index contributed by atoms with van der Waals surface area (Å²) in [5, 5.41) is 2.74. The molecule has 400 valence electrons. The topological polar surface area (TPSA) is 137 Å². The van der Waals surface area contributed by atoms with Crippen LogP contribution in [0.4, 0.5) is 0 Å². The van der Waals surface area contributed by atoms with Crippen molar-refractivity contribution >= 4 is 25.7 Å². The molecule has 1 amide bonds. The molecule has 0 aromatic heterocycles. The zero-order valence-electron chi connectivity index (χ0n) is 44.6. The van der Waals surface area contributed by atoms with Crippen LogP contribution in [-0.2, 0) is 37.5 Å². The van der Waals surface area contributed by atoms with E-state index in [9.17, 15) is 23.8 Å². The van der Waals surface area contributed by atoms with E-state index in [1.165, 1.54) is 148 Å². The van der Waals surface area contributed by atoms with Gasteiger partial charge in [0, 0.05) is 25.8 Å². The van der Waals surface area contributed by atoms with E-state index < -0.39 is 32.5 Å². The van der Waals surface area contributed by atoms with E-state index in [1.807, 2.05) is 0 Å². The lowest BCUT2D eigenvalue weighted by atomic mass is 10.0. The quantitative estimate of drug-likeness (QED) is 0.0264. The smallest absolute Gasteiger partial charge is 0.462 e. The number of hydrogen-bond donors (Lipinski definition) is 2. The summed E-state index contributed by atoms with van der Waals surface area (Å²) in [5.41, 5.74) is 0. The fourth-order valence-electron chi connectivity index (χ4n) is 8.26. The van der Waals surface area contributed by atoms with Crippen LogP contribution in [0.15, 0.2) is 24.3 Å². The molecule has 0 saturated carbocycles. The Balaban J connectivity index is 4.49. The molecular weight excluding hydrogens is 874 g/mol. The van der Waals surface area contributed by atoms with E-state index in [-0.39, 0.29) is 38.5 Å². The van der Waals surface area contributed by atoms with Crippen LogP contribution < -0.4 is 5.32 Å². The SMILES string of the molecule is CCCCCC/C=C\CCCCCCCC(=O)O[C@H](COC(=O)CCCCCCC/C=C\CCCCCCCC)COP(=O)(O)OCCNC(=O)CCCCCCCCCCCCCCCCC. The van der Waals surface area contributed by atoms with Crippen molar-refractivity contribution in [3.05, 3.63) is 24.3 Å². The van der Waals surface area contributed by atoms with Crippen molar-refractivity contribution in [2.75, 3.05) is 26.4 Å². The molecule has 0 saturated heterocycles. The molecule has 0 aromatic carbocycles. The number of ether oxygens (including phenoxy) is 2. The lowest BCUT2D eigenvalue weighted by Gasteiger charge is -2.20. The van der Waals surface area contributed by atoms with Crippen LogP contribution >= 0.6 is 7.82 Å². The molecular formula is C57H108NO9P. The predicted molar refractivity (Wildman–Crippen MR) is 285 cm³/mol. The number of phosphoric ester groups is 1. The third-order valence-corrected chi connectivity index (χ3v) is 13.6. The van der Waals surface area contributed by atoms with Crippen LogP contribution in [0.2, 0.25) is 0 Å². The highest BCUT2D eigenvalue weighted by Gasteiger charge is 2.26. The van der Waals surface area contributed by atoms with Gasteiger partial charge < -0.3 is 19.7 Å². The lowest BCUT2D eigenvalue weighted by molar-refractivity contribution is -0.161. The monoisotopic (exact) mass is 982 g/mol. The largest absolute Gasteiger partial charge is 0.472 e. The first kappa shape index (κ1) is 66.0. The summed E-state index contributed by atoms with van der Waals surface area (Å²) in [7, 11) is -4.54. The Hall–Kier alpha value is -2.00. The molecule has 0 heterocycles. The van der Waals surface area contributed by atoms with Crippen LogP contribution in [-0.4, -0.2) is 55.2 Å². The fourth-order valence-corrected chi connectivity index (χ4v) is 9.01. The Bertz CT molecular complexity index is 1230. The maximum absolute atomic E-state index is 12.8. The number of carbonyl (C=O) groups excluding carboxylic acids is 3. The minimum Gasteiger partial charge on any atom is -0.462 e. The summed E-state index contributed by atoms with van der Waals surface area (Å²) in [6.45, 7) is 5.83. The highest BCUT2D eigenvalue weighted by Crippen LogP contribution is 2.43. The first-order valence-electron chi connectivity index (χ1n) is 28.8. The van der Waals surface area contributed by atoms with Crippen LogP contribution in [0.1, 0.15) is 290 Å². The molecule has 0 bridgehead atoms. The summed E-state index contributed by atoms with van der Waals surface area (Å²) in [5.74, 6) is -0.991. The first-order valence-corrected chi connectivity index (χ1v) is 30.3. The normalized spacial score (nSPS) is 13.1. The summed E-state index contributed by atoms with van der Waals surface area (Å²) < 4.78 is 34.1. The van der Waals surface area contributed by atoms with Gasteiger partial charge >= 0.3 is 19.8 Å². The van der Waals surface area contributed by atoms with Gasteiger partial charge in [-0.15, -0.1) is 0 Å². The van der Waals surface area contributed by atoms with Crippen molar-refractivity contribution in [2.24, 2.45) is 0 Å². The Kier molecular flexibility index (Phi) is 51.3. The van der Waals surface area contributed by atoms with Gasteiger partial charge in [0.15, 0.2) is 6.10 Å². The van der Waals surface area contributed by atoms with Gasteiger partial charge in [-0.05, 0) is 70.6 Å². The summed E-state index contributed by atoms with van der Waals surface area (Å²) >= 11 is 0. The second-order valence-corrected chi connectivity index (χ2v) is 20.9. The molecule has 0 aliphatic heterocycles. The zero-order chi connectivity index (χ0) is 49.7. The van der Waals surface area contributed by atoms with Crippen LogP contribution in [0.5, 0.6) is 0 Å². The standard InChI is InChI=1S/C57H108NO9P/c1-4-7-10-13-16-19-22-25-27-30-32-35-38-41-44-47-55(59)58-50-51-65-68(62,63)66-53-54(67-57(61)49-46-43-40-37-34-29-24-21-18-15-12-9-6-3)52-64-56(60)48-45-42-39-36-33-31-28-26-23-20-17-14-11-8-5-2/h21,24,26,28,54H,4-20,22-23,25,27,29-53H2,1-3H3,(H,58,59)(H,62,63)/b24-21-,28-26-/t54-/m1/s1. The number of carbonyl (C=O) groups is 3. The van der Waals surface area contributed by atoms with E-state index in [1.54, 1.807) is 0 Å². The van der Waals surface area contributed by atoms with Crippen LogP contribution in [0.25, 0.3) is 0 Å². The van der Waals surface area contributed by atoms with Crippen molar-refractivity contribution in [3.63, 3.8) is 0 Å². The van der Waals surface area contributed by atoms with Crippen LogP contribution in [0, 0.1) is 0 Å². The van der Waals surface area contributed by atoms with Crippen molar-refractivity contribution < 1.29 is 42.4 Å². The highest BCUT2D eigenvalue weighted by molar-refractivity contribution is 7.47. The minimum atomic E-state index is -4.54. The van der Waals surface area contributed by atoms with Gasteiger partial charge in [-0.2, -0.15) is 0 Å². The molecule has 11 heteroatoms. The zero-order valence-corrected chi connectivity index (χ0v) is 45.5. The Morgan fingerprint density at radius 2 is 0.779 bits per heavy atom. The summed E-state index contributed by atoms with van der Waals surface area (Å²) in [4.78, 5) is 48.1. The minimum absolute atomic E-state index is 0.0632. The second kappa shape index (κ2) is 52.8. The maximum Gasteiger partial charge on any atom is 0.472 e. The number of nitrogens with one attached hydrogen (secondary N) is 1. The number of phosphoric acid groups is 1. The maximum atomic E-state index is 12.8. The second-order valence-electron chi connectivity index (χ2n) is 19.4. The van der Waals surface area contributed by atoms with E-state index in [2.05, 4.69) is 50.4 Å². The van der Waals surface area contributed by atoms with Crippen molar-refractivity contribution in [1.29, 1.82) is 0 Å². The average molecular weight is 982 g/mol. The van der Waals surface area contributed by atoms with E-state index >= 15 is 0 Å². The molecule has 0 aliphatic rings. The number of amides is 1. The number of esters is 2. The fraction of sp³-hybridized carbons (Fsp3) is 0.877. The van der Waals surface area contributed by atoms with Gasteiger partial charge in [-0.25, -0.2) is 4.57 Å². The van der Waals surface area contributed by atoms with Crippen molar-refractivity contribution in [3.8, 4) is 0 Å². The molecule has 68 heavy (non-hydrogen) atoms. The van der Waals surface area contributed by atoms with Gasteiger partial charge in [0.1, 0.15) is 6.61 Å². The van der Waals surface area contributed by atoms with Crippen molar-refractivity contribution in [1.82, 2.24) is 5.32 Å². The predicted octanol–water partition coefficient (Wildman–Crippen LogP) is 17.2. The molecule has 0 spiro atoms. The third kappa shape index (κ3) is 51.8. The van der Waals surface area contributed by atoms with Gasteiger partial charge in [0.05, 0.1) is 13.2 Å². The highest BCUT2D eigenvalue weighted by atomic mass is 31.2. The lowest BCUT2D eigenvalue weighted by Crippen LogP contribution is -2.30. The van der Waals surface area contributed by atoms with Gasteiger partial charge in [-0.3, -0.25) is 23.4 Å². The van der Waals surface area contributed by atoms with E-state index in [4.69, 9.17) is 18.5 Å². The Morgan fingerprint density at radius 1 is 0.441 bits per heavy atom. The average Bonchev–Trinajstić information content (AvgIpc) is 3.32. The number of hydrogen-bond acceptors (Lipinski definition) is 8. The van der Waals surface area contributed by atoms with Gasteiger partial charge in [-0.1, -0.05) is 225 Å². The van der Waals surface area contributed by atoms with E-state index in [0.29, 0.717) is 19.3 Å². The van der Waals surface area contributed by atoms with Crippen LogP contribution in [0.3, 0.4) is 0 Å². The van der Waals surface area contributed by atoms with Gasteiger partial charge in [0.2, 0.25) is 5.91 Å². The molecule has 10 nitrogen and oxygen atoms in total. The first-order chi connectivity index (χ1) is 33.2. The molecule has 0 aromatic rings. The molecule has 2 atom stereocenters. The molecule has 2 N–H and O–H groups in total. The number of unbranched alkanes of at least 4 members (excludes halogenated alkanes) is 34. The molecule has 0 aliphatic carbocycles. The molecule has 0 radical (unpaired) electrons. The number of rotatable bonds is 54. The number of allylic oxidation sites excluding steroid dienone is 4. The van der Waals surface area contributed by atoms with E-state index in [0.717, 1.165) is 89.9 Å². The molecule has 1 unspecified atom stereocenters. The Labute approximate surface area is 419 Å². The third-order valence-electron chi connectivity index (χ3n) is 12.6. The Morgan fingerprint density at radius 3 is 1.19 bits per heavy atom. The summed E-state index contributed by atoms with van der Waals surface area (Å²) in [6, 6.07) is 0.